The molecule has 2 heteroatoms. The molecule has 0 unspecified atom stereocenters. The van der Waals surface area contributed by atoms with Gasteiger partial charge in [0, 0.05) is 19.2 Å². The molecule has 0 aliphatic heterocycles. The van der Waals surface area contributed by atoms with Crippen LogP contribution in [0.5, 0.6) is 0 Å². The van der Waals surface area contributed by atoms with Crippen molar-refractivity contribution in [3.05, 3.63) is 42.5 Å². The molecule has 14 heavy (non-hydrogen) atoms. The average molecular weight is 189 g/mol. The first-order valence-corrected chi connectivity index (χ1v) is 4.57. The SMILES string of the molecule is C=C(C)CC(=O)N(C)c1ccccc1. The Hall–Kier alpha value is -1.57. The molecule has 0 saturated carbocycles. The molecule has 0 spiro atoms. The maximum atomic E-state index is 11.6. The van der Waals surface area contributed by atoms with Crippen molar-refractivity contribution in [2.75, 3.05) is 11.9 Å². The van der Waals surface area contributed by atoms with Crippen molar-refractivity contribution < 1.29 is 4.79 Å². The standard InChI is InChI=1S/C12H15NO/c1-10(2)9-12(14)13(3)11-7-5-4-6-8-11/h4-8H,1,9H2,2-3H3. The Labute approximate surface area is 84.9 Å². The monoisotopic (exact) mass is 189 g/mol. The molecule has 1 amide bonds. The summed E-state index contributed by atoms with van der Waals surface area (Å²) < 4.78 is 0. The molecular weight excluding hydrogens is 174 g/mol. The fraction of sp³-hybridized carbons (Fsp3) is 0.250. The van der Waals surface area contributed by atoms with Crippen molar-refractivity contribution in [1.29, 1.82) is 0 Å². The van der Waals surface area contributed by atoms with Crippen LogP contribution in [0.25, 0.3) is 0 Å². The van der Waals surface area contributed by atoms with Gasteiger partial charge in [-0.1, -0.05) is 30.4 Å². The van der Waals surface area contributed by atoms with E-state index in [0.29, 0.717) is 6.42 Å². The second-order valence-corrected chi connectivity index (χ2v) is 3.42. The zero-order chi connectivity index (χ0) is 10.6. The Morgan fingerprint density at radius 1 is 1.36 bits per heavy atom. The van der Waals surface area contributed by atoms with Gasteiger partial charge in [-0.05, 0) is 19.1 Å². The molecule has 0 radical (unpaired) electrons. The smallest absolute Gasteiger partial charge is 0.230 e. The third kappa shape index (κ3) is 2.73. The van der Waals surface area contributed by atoms with Gasteiger partial charge < -0.3 is 4.90 Å². The number of hydrogen-bond donors (Lipinski definition) is 0. The lowest BCUT2D eigenvalue weighted by atomic mass is 10.2. The summed E-state index contributed by atoms with van der Waals surface area (Å²) in [7, 11) is 1.78. The molecule has 0 aliphatic rings. The highest BCUT2D eigenvalue weighted by molar-refractivity contribution is 5.94. The van der Waals surface area contributed by atoms with Crippen LogP contribution in [0.15, 0.2) is 42.5 Å². The van der Waals surface area contributed by atoms with E-state index in [-0.39, 0.29) is 5.91 Å². The van der Waals surface area contributed by atoms with Crippen molar-refractivity contribution in [2.45, 2.75) is 13.3 Å². The van der Waals surface area contributed by atoms with Gasteiger partial charge in [-0.25, -0.2) is 0 Å². The van der Waals surface area contributed by atoms with Crippen molar-refractivity contribution >= 4 is 11.6 Å². The molecule has 0 saturated heterocycles. The highest BCUT2D eigenvalue weighted by Crippen LogP contribution is 2.13. The van der Waals surface area contributed by atoms with Gasteiger partial charge in [-0.3, -0.25) is 4.79 Å². The number of para-hydroxylation sites is 1. The van der Waals surface area contributed by atoms with E-state index < -0.39 is 0 Å². The van der Waals surface area contributed by atoms with E-state index in [1.54, 1.807) is 11.9 Å². The maximum absolute atomic E-state index is 11.6. The first-order valence-electron chi connectivity index (χ1n) is 4.57. The number of benzene rings is 1. The van der Waals surface area contributed by atoms with Crippen LogP contribution < -0.4 is 4.90 Å². The van der Waals surface area contributed by atoms with E-state index in [2.05, 4.69) is 6.58 Å². The van der Waals surface area contributed by atoms with Crippen LogP contribution >= 0.6 is 0 Å². The molecule has 0 heterocycles. The molecule has 1 rings (SSSR count). The summed E-state index contributed by atoms with van der Waals surface area (Å²) in [5, 5.41) is 0. The molecule has 0 fully saturated rings. The minimum absolute atomic E-state index is 0.0729. The molecule has 0 bridgehead atoms. The highest BCUT2D eigenvalue weighted by Gasteiger charge is 2.09. The van der Waals surface area contributed by atoms with Crippen LogP contribution in [0.1, 0.15) is 13.3 Å². The summed E-state index contributed by atoms with van der Waals surface area (Å²) in [5.74, 6) is 0.0729. The summed E-state index contributed by atoms with van der Waals surface area (Å²) in [4.78, 5) is 13.3. The molecular formula is C12H15NO. The van der Waals surface area contributed by atoms with Crippen LogP contribution in [0, 0.1) is 0 Å². The van der Waals surface area contributed by atoms with E-state index >= 15 is 0 Å². The van der Waals surface area contributed by atoms with Gasteiger partial charge >= 0.3 is 0 Å². The third-order valence-corrected chi connectivity index (χ3v) is 1.97. The fourth-order valence-corrected chi connectivity index (χ4v) is 1.17. The fourth-order valence-electron chi connectivity index (χ4n) is 1.17. The number of anilines is 1. The van der Waals surface area contributed by atoms with E-state index in [9.17, 15) is 4.79 Å². The quantitative estimate of drug-likeness (QED) is 0.669. The minimum atomic E-state index is 0.0729. The second-order valence-electron chi connectivity index (χ2n) is 3.42. The van der Waals surface area contributed by atoms with Gasteiger partial charge in [0.05, 0.1) is 0 Å². The molecule has 0 atom stereocenters. The number of hydrogen-bond acceptors (Lipinski definition) is 1. The zero-order valence-corrected chi connectivity index (χ0v) is 8.66. The van der Waals surface area contributed by atoms with E-state index in [1.165, 1.54) is 0 Å². The first-order chi connectivity index (χ1) is 6.61. The maximum Gasteiger partial charge on any atom is 0.230 e. The Kier molecular flexibility index (Phi) is 3.46. The van der Waals surface area contributed by atoms with E-state index in [4.69, 9.17) is 0 Å². The summed E-state index contributed by atoms with van der Waals surface area (Å²) in [6.45, 7) is 5.58. The van der Waals surface area contributed by atoms with Gasteiger partial charge in [0.25, 0.3) is 0 Å². The van der Waals surface area contributed by atoms with Gasteiger partial charge in [-0.2, -0.15) is 0 Å². The van der Waals surface area contributed by atoms with Crippen molar-refractivity contribution in [3.8, 4) is 0 Å². The number of carbonyl (C=O) groups excluding carboxylic acids is 1. The topological polar surface area (TPSA) is 20.3 Å². The number of rotatable bonds is 3. The summed E-state index contributed by atoms with van der Waals surface area (Å²) in [5.41, 5.74) is 1.80. The lowest BCUT2D eigenvalue weighted by Crippen LogP contribution is -2.25. The number of carbonyl (C=O) groups is 1. The van der Waals surface area contributed by atoms with Crippen LogP contribution in [-0.2, 0) is 4.79 Å². The average Bonchev–Trinajstić information content (AvgIpc) is 2.17. The predicted octanol–water partition coefficient (Wildman–Crippen LogP) is 2.62. The Balaban J connectivity index is 2.71. The summed E-state index contributed by atoms with van der Waals surface area (Å²) >= 11 is 0. The minimum Gasteiger partial charge on any atom is -0.315 e. The first kappa shape index (κ1) is 10.5. The second kappa shape index (κ2) is 4.61. The largest absolute Gasteiger partial charge is 0.315 e. The van der Waals surface area contributed by atoms with E-state index in [0.717, 1.165) is 11.3 Å². The normalized spacial score (nSPS) is 9.57. The van der Waals surface area contributed by atoms with Crippen LogP contribution in [-0.4, -0.2) is 13.0 Å². The van der Waals surface area contributed by atoms with Crippen molar-refractivity contribution in [2.24, 2.45) is 0 Å². The lowest BCUT2D eigenvalue weighted by Gasteiger charge is -2.16. The lowest BCUT2D eigenvalue weighted by molar-refractivity contribution is -0.117. The molecule has 2 nitrogen and oxygen atoms in total. The number of amides is 1. The molecule has 1 aromatic carbocycles. The van der Waals surface area contributed by atoms with Crippen LogP contribution in [0.4, 0.5) is 5.69 Å². The predicted molar refractivity (Wildman–Crippen MR) is 59.3 cm³/mol. The Morgan fingerprint density at radius 2 is 1.93 bits per heavy atom. The van der Waals surface area contributed by atoms with E-state index in [1.807, 2.05) is 37.3 Å². The number of nitrogens with zero attached hydrogens (tertiary/aromatic N) is 1. The molecule has 74 valence electrons. The molecule has 0 N–H and O–H groups in total. The Morgan fingerprint density at radius 3 is 2.43 bits per heavy atom. The van der Waals surface area contributed by atoms with Gasteiger partial charge in [0.1, 0.15) is 0 Å². The van der Waals surface area contributed by atoms with Crippen LogP contribution in [0.2, 0.25) is 0 Å². The van der Waals surface area contributed by atoms with Crippen LogP contribution in [0.3, 0.4) is 0 Å². The Bertz CT molecular complexity index is 329. The molecule has 1 aromatic rings. The molecule has 0 aliphatic carbocycles. The van der Waals surface area contributed by atoms with Gasteiger partial charge in [0.2, 0.25) is 5.91 Å². The van der Waals surface area contributed by atoms with Gasteiger partial charge in [0.15, 0.2) is 0 Å². The highest BCUT2D eigenvalue weighted by atomic mass is 16.2. The van der Waals surface area contributed by atoms with Crippen molar-refractivity contribution in [3.63, 3.8) is 0 Å². The summed E-state index contributed by atoms with van der Waals surface area (Å²) in [6, 6.07) is 9.59. The third-order valence-electron chi connectivity index (χ3n) is 1.97. The van der Waals surface area contributed by atoms with Gasteiger partial charge in [-0.15, -0.1) is 0 Å². The molecule has 0 aromatic heterocycles. The zero-order valence-electron chi connectivity index (χ0n) is 8.66. The summed E-state index contributed by atoms with van der Waals surface area (Å²) in [6.07, 6.45) is 0.408. The van der Waals surface area contributed by atoms with Crippen molar-refractivity contribution in [1.82, 2.24) is 0 Å².